The lowest BCUT2D eigenvalue weighted by atomic mass is 10.2. The van der Waals surface area contributed by atoms with Crippen LogP contribution in [0.2, 0.25) is 0 Å². The molecule has 1 aliphatic rings. The van der Waals surface area contributed by atoms with Crippen molar-refractivity contribution >= 4 is 23.2 Å². The molecule has 1 aromatic heterocycles. The summed E-state index contributed by atoms with van der Waals surface area (Å²) < 4.78 is 1.76. The van der Waals surface area contributed by atoms with Gasteiger partial charge in [-0.25, -0.2) is 0 Å². The van der Waals surface area contributed by atoms with E-state index in [9.17, 15) is 9.59 Å². The lowest BCUT2D eigenvalue weighted by Gasteiger charge is -2.23. The van der Waals surface area contributed by atoms with Gasteiger partial charge in [0.1, 0.15) is 0 Å². The van der Waals surface area contributed by atoms with Gasteiger partial charge >= 0.3 is 0 Å². The Bertz CT molecular complexity index is 781. The summed E-state index contributed by atoms with van der Waals surface area (Å²) in [6.45, 7) is 2.44. The van der Waals surface area contributed by atoms with E-state index in [2.05, 4.69) is 5.10 Å². The summed E-state index contributed by atoms with van der Waals surface area (Å²) in [5.41, 5.74) is 3.42. The van der Waals surface area contributed by atoms with E-state index in [0.29, 0.717) is 13.0 Å². The van der Waals surface area contributed by atoms with Crippen molar-refractivity contribution in [2.45, 2.75) is 26.2 Å². The first kappa shape index (κ1) is 16.2. The van der Waals surface area contributed by atoms with Gasteiger partial charge in [0.15, 0.2) is 0 Å². The highest BCUT2D eigenvalue weighted by Gasteiger charge is 2.27. The third kappa shape index (κ3) is 2.91. The monoisotopic (exact) mass is 326 g/mol. The summed E-state index contributed by atoms with van der Waals surface area (Å²) in [6, 6.07) is 9.51. The van der Waals surface area contributed by atoms with Crippen molar-refractivity contribution in [2.75, 3.05) is 23.4 Å². The smallest absolute Gasteiger partial charge is 0.233 e. The van der Waals surface area contributed by atoms with Gasteiger partial charge in [0.25, 0.3) is 0 Å². The Hall–Kier alpha value is -2.63. The number of hydrogen-bond acceptors (Lipinski definition) is 3. The fourth-order valence-electron chi connectivity index (χ4n) is 3.03. The van der Waals surface area contributed by atoms with Gasteiger partial charge in [-0.15, -0.1) is 0 Å². The maximum absolute atomic E-state index is 12.9. The van der Waals surface area contributed by atoms with E-state index in [1.165, 1.54) is 0 Å². The standard InChI is InChI=1S/C18H22N4O2/c1-4-13-11-14(21(3)19-13)12-18(24)22-10-9-17(23)20(2)15-7-5-6-8-16(15)22/h5-8,11H,4,9-10,12H2,1-3H3. The summed E-state index contributed by atoms with van der Waals surface area (Å²) in [5, 5.41) is 4.40. The van der Waals surface area contributed by atoms with Crippen LogP contribution in [0.1, 0.15) is 24.7 Å². The highest BCUT2D eigenvalue weighted by molar-refractivity contribution is 6.05. The number of nitrogens with zero attached hydrogens (tertiary/aromatic N) is 4. The van der Waals surface area contributed by atoms with Crippen molar-refractivity contribution in [1.29, 1.82) is 0 Å². The van der Waals surface area contributed by atoms with Crippen LogP contribution in [-0.4, -0.2) is 35.2 Å². The van der Waals surface area contributed by atoms with Crippen molar-refractivity contribution in [3.63, 3.8) is 0 Å². The average molecular weight is 326 g/mol. The molecule has 2 aromatic rings. The molecule has 2 heterocycles. The van der Waals surface area contributed by atoms with Gasteiger partial charge in [-0.1, -0.05) is 19.1 Å². The van der Waals surface area contributed by atoms with Gasteiger partial charge in [0.2, 0.25) is 11.8 Å². The minimum Gasteiger partial charge on any atom is -0.313 e. The Morgan fingerprint density at radius 1 is 1.21 bits per heavy atom. The second kappa shape index (κ2) is 6.47. The molecule has 0 bridgehead atoms. The van der Waals surface area contributed by atoms with Crippen LogP contribution < -0.4 is 9.80 Å². The zero-order chi connectivity index (χ0) is 17.3. The molecular formula is C18H22N4O2. The molecule has 1 aromatic carbocycles. The summed E-state index contributed by atoms with van der Waals surface area (Å²) in [4.78, 5) is 28.4. The lowest BCUT2D eigenvalue weighted by Crippen LogP contribution is -2.33. The average Bonchev–Trinajstić information content (AvgIpc) is 2.88. The Morgan fingerprint density at radius 3 is 2.58 bits per heavy atom. The first-order valence-corrected chi connectivity index (χ1v) is 8.19. The fourth-order valence-corrected chi connectivity index (χ4v) is 3.03. The molecule has 24 heavy (non-hydrogen) atoms. The molecule has 0 fully saturated rings. The number of aryl methyl sites for hydroxylation is 2. The molecule has 1 aliphatic heterocycles. The zero-order valence-electron chi connectivity index (χ0n) is 14.3. The molecular weight excluding hydrogens is 304 g/mol. The van der Waals surface area contributed by atoms with E-state index in [1.807, 2.05) is 44.3 Å². The van der Waals surface area contributed by atoms with Gasteiger partial charge in [0.05, 0.1) is 23.5 Å². The van der Waals surface area contributed by atoms with Crippen LogP contribution in [-0.2, 0) is 29.5 Å². The number of hydrogen-bond donors (Lipinski definition) is 0. The van der Waals surface area contributed by atoms with E-state index >= 15 is 0 Å². The molecule has 0 saturated carbocycles. The van der Waals surface area contributed by atoms with Crippen molar-refractivity contribution in [3.05, 3.63) is 41.7 Å². The number of rotatable bonds is 3. The van der Waals surface area contributed by atoms with Crippen LogP contribution in [0.4, 0.5) is 11.4 Å². The van der Waals surface area contributed by atoms with Crippen molar-refractivity contribution in [3.8, 4) is 0 Å². The van der Waals surface area contributed by atoms with E-state index in [-0.39, 0.29) is 18.2 Å². The SMILES string of the molecule is CCc1cc(CC(=O)N2CCC(=O)N(C)c3ccccc32)n(C)n1. The van der Waals surface area contributed by atoms with Crippen molar-refractivity contribution in [2.24, 2.45) is 7.05 Å². The van der Waals surface area contributed by atoms with Crippen LogP contribution in [0.25, 0.3) is 0 Å². The van der Waals surface area contributed by atoms with Gasteiger partial charge < -0.3 is 9.80 Å². The third-order valence-electron chi connectivity index (χ3n) is 4.48. The molecule has 0 saturated heterocycles. The molecule has 6 heteroatoms. The van der Waals surface area contributed by atoms with Crippen LogP contribution in [0, 0.1) is 0 Å². The number of anilines is 2. The number of para-hydroxylation sites is 2. The van der Waals surface area contributed by atoms with Crippen LogP contribution in [0.3, 0.4) is 0 Å². The maximum Gasteiger partial charge on any atom is 0.233 e. The maximum atomic E-state index is 12.9. The van der Waals surface area contributed by atoms with Crippen LogP contribution >= 0.6 is 0 Å². The number of aromatic nitrogens is 2. The van der Waals surface area contributed by atoms with Crippen LogP contribution in [0.5, 0.6) is 0 Å². The number of carbonyl (C=O) groups excluding carboxylic acids is 2. The molecule has 2 amide bonds. The summed E-state index contributed by atoms with van der Waals surface area (Å²) >= 11 is 0. The second-order valence-corrected chi connectivity index (χ2v) is 6.02. The predicted molar refractivity (Wildman–Crippen MR) is 93.1 cm³/mol. The molecule has 0 atom stereocenters. The number of amides is 2. The summed E-state index contributed by atoms with van der Waals surface area (Å²) in [7, 11) is 3.61. The largest absolute Gasteiger partial charge is 0.313 e. The Morgan fingerprint density at radius 2 is 1.92 bits per heavy atom. The first-order chi connectivity index (χ1) is 11.5. The van der Waals surface area contributed by atoms with Gasteiger partial charge in [-0.2, -0.15) is 5.10 Å². The predicted octanol–water partition coefficient (Wildman–Crippen LogP) is 1.92. The minimum absolute atomic E-state index is 0.0174. The van der Waals surface area contributed by atoms with Crippen molar-refractivity contribution < 1.29 is 9.59 Å². The van der Waals surface area contributed by atoms with E-state index in [0.717, 1.165) is 29.2 Å². The van der Waals surface area contributed by atoms with E-state index in [1.54, 1.807) is 21.5 Å². The van der Waals surface area contributed by atoms with E-state index in [4.69, 9.17) is 0 Å². The topological polar surface area (TPSA) is 58.4 Å². The summed E-state index contributed by atoms with van der Waals surface area (Å²) in [6.07, 6.45) is 1.44. The molecule has 0 N–H and O–H groups in total. The zero-order valence-corrected chi connectivity index (χ0v) is 14.3. The number of carbonyl (C=O) groups is 2. The molecule has 3 rings (SSSR count). The number of fused-ring (bicyclic) bond motifs is 1. The molecule has 6 nitrogen and oxygen atoms in total. The molecule has 126 valence electrons. The third-order valence-corrected chi connectivity index (χ3v) is 4.48. The molecule has 0 aliphatic carbocycles. The molecule has 0 spiro atoms. The van der Waals surface area contributed by atoms with Gasteiger partial charge in [0, 0.05) is 32.8 Å². The minimum atomic E-state index is -0.0174. The first-order valence-electron chi connectivity index (χ1n) is 8.19. The second-order valence-electron chi connectivity index (χ2n) is 6.02. The highest BCUT2D eigenvalue weighted by atomic mass is 16.2. The number of benzene rings is 1. The Kier molecular flexibility index (Phi) is 4.38. The normalized spacial score (nSPS) is 14.5. The van der Waals surface area contributed by atoms with Crippen molar-refractivity contribution in [1.82, 2.24) is 9.78 Å². The lowest BCUT2D eigenvalue weighted by molar-refractivity contribution is -0.118. The molecule has 0 radical (unpaired) electrons. The van der Waals surface area contributed by atoms with E-state index < -0.39 is 0 Å². The fraction of sp³-hybridized carbons (Fsp3) is 0.389. The molecule has 0 unspecified atom stereocenters. The van der Waals surface area contributed by atoms with Gasteiger partial charge in [-0.05, 0) is 24.6 Å². The summed E-state index contributed by atoms with van der Waals surface area (Å²) in [5.74, 6) is 0.00255. The quantitative estimate of drug-likeness (QED) is 0.866. The van der Waals surface area contributed by atoms with Gasteiger partial charge in [-0.3, -0.25) is 14.3 Å². The Balaban J connectivity index is 1.90. The van der Waals surface area contributed by atoms with Crippen LogP contribution in [0.15, 0.2) is 30.3 Å². The highest BCUT2D eigenvalue weighted by Crippen LogP contribution is 2.32. The Labute approximate surface area is 141 Å².